The summed E-state index contributed by atoms with van der Waals surface area (Å²) < 4.78 is 0. The predicted octanol–water partition coefficient (Wildman–Crippen LogP) is -0.304. The van der Waals surface area contributed by atoms with E-state index in [4.69, 9.17) is 0 Å². The van der Waals surface area contributed by atoms with Crippen LogP contribution in [0.3, 0.4) is 0 Å². The zero-order chi connectivity index (χ0) is 16.5. The first kappa shape index (κ1) is 15.5. The zero-order valence-electron chi connectivity index (χ0n) is 13.7. The number of nitrogens with one attached hydrogen (secondary N) is 2. The van der Waals surface area contributed by atoms with Gasteiger partial charge >= 0.3 is 0 Å². The van der Waals surface area contributed by atoms with Gasteiger partial charge in [0.05, 0.1) is 23.5 Å². The fourth-order valence-electron chi connectivity index (χ4n) is 3.71. The second kappa shape index (κ2) is 6.49. The van der Waals surface area contributed by atoms with Crippen molar-refractivity contribution in [3.8, 4) is 0 Å². The van der Waals surface area contributed by atoms with Crippen LogP contribution in [0.2, 0.25) is 0 Å². The Bertz CT molecular complexity index is 620. The van der Waals surface area contributed by atoms with E-state index >= 15 is 0 Å². The van der Waals surface area contributed by atoms with Crippen LogP contribution in [0, 0.1) is 0 Å². The third-order valence-electron chi connectivity index (χ3n) is 5.26. The molecule has 1 atom stereocenters. The minimum absolute atomic E-state index is 0.188. The molecule has 0 radical (unpaired) electrons. The molecule has 7 nitrogen and oxygen atoms in total. The Morgan fingerprint density at radius 3 is 2.58 bits per heavy atom. The maximum absolute atomic E-state index is 11.9. The fourth-order valence-corrected chi connectivity index (χ4v) is 3.71. The predicted molar refractivity (Wildman–Crippen MR) is 89.8 cm³/mol. The van der Waals surface area contributed by atoms with Crippen LogP contribution in [-0.2, 0) is 9.59 Å². The number of hydrogen-bond acceptors (Lipinski definition) is 6. The summed E-state index contributed by atoms with van der Waals surface area (Å²) in [5, 5.41) is 5.78. The van der Waals surface area contributed by atoms with Gasteiger partial charge in [-0.1, -0.05) is 0 Å². The van der Waals surface area contributed by atoms with Gasteiger partial charge in [0, 0.05) is 51.7 Å². The van der Waals surface area contributed by atoms with E-state index in [0.29, 0.717) is 18.9 Å². The second-order valence-electron chi connectivity index (χ2n) is 6.79. The van der Waals surface area contributed by atoms with Crippen molar-refractivity contribution in [1.29, 1.82) is 0 Å². The fraction of sp³-hybridized carbons (Fsp3) is 0.588. The smallest absolute Gasteiger partial charge is 0.235 e. The molecule has 1 aromatic rings. The minimum Gasteiger partial charge on any atom is -0.367 e. The molecular weight excluding hydrogens is 306 g/mol. The third-order valence-corrected chi connectivity index (χ3v) is 5.26. The van der Waals surface area contributed by atoms with Crippen molar-refractivity contribution >= 4 is 17.5 Å². The van der Waals surface area contributed by atoms with Crippen molar-refractivity contribution in [1.82, 2.24) is 20.5 Å². The molecule has 128 valence electrons. The highest BCUT2D eigenvalue weighted by atomic mass is 16.2. The van der Waals surface area contributed by atoms with Gasteiger partial charge < -0.3 is 10.2 Å². The number of hydrogen-bond donors (Lipinski definition) is 2. The molecule has 4 heterocycles. The van der Waals surface area contributed by atoms with E-state index in [0.717, 1.165) is 50.6 Å². The highest BCUT2D eigenvalue weighted by Crippen LogP contribution is 2.27. The van der Waals surface area contributed by atoms with Crippen molar-refractivity contribution in [2.75, 3.05) is 44.2 Å². The monoisotopic (exact) mass is 329 g/mol. The molecule has 0 saturated carbocycles. The van der Waals surface area contributed by atoms with Crippen LogP contribution in [0.25, 0.3) is 0 Å². The molecule has 3 aliphatic heterocycles. The number of aromatic nitrogens is 1. The van der Waals surface area contributed by atoms with Crippen molar-refractivity contribution < 1.29 is 9.59 Å². The van der Waals surface area contributed by atoms with Crippen LogP contribution in [0.5, 0.6) is 0 Å². The highest BCUT2D eigenvalue weighted by molar-refractivity contribution is 6.00. The number of imide groups is 1. The van der Waals surface area contributed by atoms with Gasteiger partial charge in [-0.3, -0.25) is 24.8 Å². The Morgan fingerprint density at radius 2 is 1.92 bits per heavy atom. The first-order chi connectivity index (χ1) is 11.7. The lowest BCUT2D eigenvalue weighted by molar-refractivity contribution is -0.134. The number of carbonyl (C=O) groups is 2. The number of carbonyl (C=O) groups excluding carboxylic acids is 2. The van der Waals surface area contributed by atoms with Crippen LogP contribution < -0.4 is 15.5 Å². The average molecular weight is 329 g/mol. The summed E-state index contributed by atoms with van der Waals surface area (Å²) in [5.74, 6) is -0.719. The molecule has 0 aromatic carbocycles. The third kappa shape index (κ3) is 3.01. The lowest BCUT2D eigenvalue weighted by atomic mass is 9.94. The Morgan fingerprint density at radius 1 is 1.12 bits per heavy atom. The normalized spacial score (nSPS) is 26.2. The molecular formula is C17H23N5O2. The molecule has 24 heavy (non-hydrogen) atoms. The van der Waals surface area contributed by atoms with Crippen molar-refractivity contribution in [3.05, 3.63) is 24.0 Å². The SMILES string of the molecule is O=C1CCC(c2ccc(N3CC(N4CCNCC4)C3)cn2)C(=O)N1. The molecule has 0 aliphatic carbocycles. The topological polar surface area (TPSA) is 77.6 Å². The van der Waals surface area contributed by atoms with Crippen molar-refractivity contribution in [2.45, 2.75) is 24.8 Å². The maximum atomic E-state index is 11.9. The van der Waals surface area contributed by atoms with E-state index in [-0.39, 0.29) is 17.7 Å². The molecule has 3 saturated heterocycles. The number of amides is 2. The molecule has 1 unspecified atom stereocenters. The quantitative estimate of drug-likeness (QED) is 0.741. The van der Waals surface area contributed by atoms with E-state index in [1.807, 2.05) is 18.3 Å². The molecule has 7 heteroatoms. The zero-order valence-corrected chi connectivity index (χ0v) is 13.7. The second-order valence-corrected chi connectivity index (χ2v) is 6.79. The van der Waals surface area contributed by atoms with Crippen molar-refractivity contribution in [2.24, 2.45) is 0 Å². The summed E-state index contributed by atoms with van der Waals surface area (Å²) in [6.45, 7) is 6.51. The Labute approximate surface area is 141 Å². The summed E-state index contributed by atoms with van der Waals surface area (Å²) in [4.78, 5) is 32.5. The summed E-state index contributed by atoms with van der Waals surface area (Å²) in [5.41, 5.74) is 1.86. The Hall–Kier alpha value is -1.99. The van der Waals surface area contributed by atoms with Gasteiger partial charge in [-0.15, -0.1) is 0 Å². The standard InChI is InChI=1S/C17H23N5O2/c23-16-4-2-14(17(24)20-16)15-3-1-12(9-19-15)22-10-13(11-22)21-7-5-18-6-8-21/h1,3,9,13-14,18H,2,4-8,10-11H2,(H,20,23,24). The van der Waals surface area contributed by atoms with Crippen LogP contribution in [0.15, 0.2) is 18.3 Å². The largest absolute Gasteiger partial charge is 0.367 e. The lowest BCUT2D eigenvalue weighted by Crippen LogP contribution is -2.62. The van der Waals surface area contributed by atoms with Crippen LogP contribution in [0.1, 0.15) is 24.5 Å². The van der Waals surface area contributed by atoms with E-state index in [2.05, 4.69) is 25.4 Å². The minimum atomic E-state index is -0.304. The van der Waals surface area contributed by atoms with Crippen LogP contribution in [0.4, 0.5) is 5.69 Å². The summed E-state index contributed by atoms with van der Waals surface area (Å²) >= 11 is 0. The van der Waals surface area contributed by atoms with Gasteiger partial charge in [-0.2, -0.15) is 0 Å². The highest BCUT2D eigenvalue weighted by Gasteiger charge is 2.33. The first-order valence-corrected chi connectivity index (χ1v) is 8.70. The van der Waals surface area contributed by atoms with Gasteiger partial charge in [0.15, 0.2) is 0 Å². The Balaban J connectivity index is 1.35. The number of piperazine rings is 1. The molecule has 4 rings (SSSR count). The summed E-state index contributed by atoms with van der Waals surface area (Å²) in [6.07, 6.45) is 2.79. The molecule has 0 spiro atoms. The summed E-state index contributed by atoms with van der Waals surface area (Å²) in [7, 11) is 0. The Kier molecular flexibility index (Phi) is 4.20. The molecule has 3 aliphatic rings. The molecule has 3 fully saturated rings. The van der Waals surface area contributed by atoms with Gasteiger partial charge in [0.1, 0.15) is 0 Å². The van der Waals surface area contributed by atoms with Crippen molar-refractivity contribution in [3.63, 3.8) is 0 Å². The van der Waals surface area contributed by atoms with Crippen LogP contribution in [-0.4, -0.2) is 67.0 Å². The molecule has 2 N–H and O–H groups in total. The van der Waals surface area contributed by atoms with E-state index in [1.54, 1.807) is 0 Å². The van der Waals surface area contributed by atoms with E-state index in [9.17, 15) is 9.59 Å². The van der Waals surface area contributed by atoms with Gasteiger partial charge in [0.25, 0.3) is 0 Å². The lowest BCUT2D eigenvalue weighted by Gasteiger charge is -2.47. The number of anilines is 1. The molecule has 1 aromatic heterocycles. The molecule has 2 amide bonds. The average Bonchev–Trinajstić information content (AvgIpc) is 2.55. The summed E-state index contributed by atoms with van der Waals surface area (Å²) in [6, 6.07) is 4.61. The van der Waals surface area contributed by atoms with Gasteiger partial charge in [-0.05, 0) is 18.6 Å². The van der Waals surface area contributed by atoms with Crippen LogP contribution >= 0.6 is 0 Å². The molecule has 0 bridgehead atoms. The number of pyridine rings is 1. The van der Waals surface area contributed by atoms with Gasteiger partial charge in [0.2, 0.25) is 11.8 Å². The number of piperidine rings is 1. The first-order valence-electron chi connectivity index (χ1n) is 8.70. The maximum Gasteiger partial charge on any atom is 0.235 e. The number of rotatable bonds is 3. The number of nitrogens with zero attached hydrogens (tertiary/aromatic N) is 3. The van der Waals surface area contributed by atoms with E-state index in [1.165, 1.54) is 0 Å². The van der Waals surface area contributed by atoms with E-state index < -0.39 is 0 Å². The van der Waals surface area contributed by atoms with Gasteiger partial charge in [-0.25, -0.2) is 0 Å².